The van der Waals surface area contributed by atoms with Crippen molar-refractivity contribution in [1.82, 2.24) is 4.98 Å². The molecule has 1 aromatic rings. The molecule has 1 fully saturated rings. The predicted molar refractivity (Wildman–Crippen MR) is 74.5 cm³/mol. The number of aryl methyl sites for hydroxylation is 1. The molecular weight excluding hydrogens is 248 g/mol. The van der Waals surface area contributed by atoms with Gasteiger partial charge in [-0.05, 0) is 44.1 Å². The van der Waals surface area contributed by atoms with Crippen molar-refractivity contribution >= 4 is 23.5 Å². The van der Waals surface area contributed by atoms with E-state index in [-0.39, 0.29) is 0 Å². The maximum absolute atomic E-state index is 11.3. The lowest BCUT2D eigenvalue weighted by Crippen LogP contribution is -2.19. The first kappa shape index (κ1) is 13.2. The van der Waals surface area contributed by atoms with Crippen LogP contribution in [0.15, 0.2) is 12.3 Å². The first-order valence-corrected chi connectivity index (χ1v) is 7.39. The molecule has 1 aliphatic rings. The van der Waals surface area contributed by atoms with E-state index in [2.05, 4.69) is 16.6 Å². The van der Waals surface area contributed by atoms with Crippen LogP contribution < -0.4 is 5.32 Å². The van der Waals surface area contributed by atoms with Gasteiger partial charge in [0, 0.05) is 17.5 Å². The summed E-state index contributed by atoms with van der Waals surface area (Å²) < 4.78 is 0. The number of carbonyl (C=O) groups is 1. The second kappa shape index (κ2) is 5.61. The van der Waals surface area contributed by atoms with Crippen LogP contribution in [-0.4, -0.2) is 33.6 Å². The zero-order chi connectivity index (χ0) is 13.1. The van der Waals surface area contributed by atoms with Crippen molar-refractivity contribution in [1.29, 1.82) is 0 Å². The molecule has 1 heterocycles. The summed E-state index contributed by atoms with van der Waals surface area (Å²) in [5, 5.41) is 13.2. The molecule has 1 aromatic heterocycles. The molecule has 0 spiro atoms. The van der Waals surface area contributed by atoms with Gasteiger partial charge in [-0.15, -0.1) is 0 Å². The maximum atomic E-state index is 11.3. The summed E-state index contributed by atoms with van der Waals surface area (Å²) in [5.41, 5.74) is 1.05. The number of carboxylic acid groups (broad SMARTS) is 1. The number of nitrogens with zero attached hydrogens (tertiary/aromatic N) is 1. The van der Waals surface area contributed by atoms with Crippen LogP contribution in [0.3, 0.4) is 0 Å². The Morgan fingerprint density at radius 2 is 2.33 bits per heavy atom. The van der Waals surface area contributed by atoms with Crippen molar-refractivity contribution in [2.24, 2.45) is 0 Å². The van der Waals surface area contributed by atoms with Gasteiger partial charge >= 0.3 is 5.97 Å². The molecule has 2 rings (SSSR count). The summed E-state index contributed by atoms with van der Waals surface area (Å²) in [7, 11) is 0. The number of pyridine rings is 1. The number of hydrogen-bond donors (Lipinski definition) is 2. The normalized spacial score (nSPS) is 23.0. The third-order valence-electron chi connectivity index (χ3n) is 3.43. The zero-order valence-electron chi connectivity index (χ0n) is 10.6. The standard InChI is InChI=1S/C13H18N2O2S/c1-8-5-6-14-12(11(8)13(16)17)15-9-3-4-10(7-9)18-2/h5-6,9-10H,3-4,7H2,1-2H3,(H,14,15)(H,16,17). The lowest BCUT2D eigenvalue weighted by atomic mass is 10.1. The monoisotopic (exact) mass is 266 g/mol. The van der Waals surface area contributed by atoms with Gasteiger partial charge in [0.25, 0.3) is 0 Å². The fourth-order valence-corrected chi connectivity index (χ4v) is 3.21. The largest absolute Gasteiger partial charge is 0.478 e. The molecule has 0 radical (unpaired) electrons. The summed E-state index contributed by atoms with van der Waals surface area (Å²) in [6.07, 6.45) is 7.13. The van der Waals surface area contributed by atoms with E-state index in [1.54, 1.807) is 19.2 Å². The number of rotatable bonds is 4. The Bertz CT molecular complexity index is 451. The summed E-state index contributed by atoms with van der Waals surface area (Å²) in [4.78, 5) is 15.4. The molecule has 0 saturated heterocycles. The van der Waals surface area contributed by atoms with Gasteiger partial charge in [0.1, 0.15) is 11.4 Å². The third-order valence-corrected chi connectivity index (χ3v) is 4.53. The number of anilines is 1. The van der Waals surface area contributed by atoms with Crippen molar-refractivity contribution in [3.8, 4) is 0 Å². The van der Waals surface area contributed by atoms with Crippen LogP contribution in [0.4, 0.5) is 5.82 Å². The lowest BCUT2D eigenvalue weighted by molar-refractivity contribution is 0.0697. The molecule has 5 heteroatoms. The highest BCUT2D eigenvalue weighted by molar-refractivity contribution is 7.99. The van der Waals surface area contributed by atoms with E-state index in [4.69, 9.17) is 0 Å². The minimum atomic E-state index is -0.914. The highest BCUT2D eigenvalue weighted by atomic mass is 32.2. The van der Waals surface area contributed by atoms with Gasteiger partial charge in [0.2, 0.25) is 0 Å². The van der Waals surface area contributed by atoms with Crippen LogP contribution >= 0.6 is 11.8 Å². The molecule has 2 unspecified atom stereocenters. The van der Waals surface area contributed by atoms with E-state index >= 15 is 0 Å². The fourth-order valence-electron chi connectivity index (χ4n) is 2.42. The first-order chi connectivity index (χ1) is 8.61. The van der Waals surface area contributed by atoms with Gasteiger partial charge in [0.15, 0.2) is 0 Å². The van der Waals surface area contributed by atoms with Gasteiger partial charge in [-0.2, -0.15) is 11.8 Å². The Kier molecular flexibility index (Phi) is 4.11. The molecule has 0 amide bonds. The van der Waals surface area contributed by atoms with Crippen LogP contribution in [-0.2, 0) is 0 Å². The van der Waals surface area contributed by atoms with Crippen LogP contribution in [0.5, 0.6) is 0 Å². The molecule has 0 aliphatic heterocycles. The van der Waals surface area contributed by atoms with Crippen molar-refractivity contribution in [3.63, 3.8) is 0 Å². The number of aromatic nitrogens is 1. The maximum Gasteiger partial charge on any atom is 0.339 e. The predicted octanol–water partition coefficient (Wildman–Crippen LogP) is 2.78. The lowest BCUT2D eigenvalue weighted by Gasteiger charge is -2.16. The van der Waals surface area contributed by atoms with Gasteiger partial charge in [-0.3, -0.25) is 0 Å². The van der Waals surface area contributed by atoms with E-state index in [1.807, 2.05) is 11.8 Å². The SMILES string of the molecule is CSC1CCC(Nc2nccc(C)c2C(=O)O)C1. The van der Waals surface area contributed by atoms with Crippen LogP contribution in [0.25, 0.3) is 0 Å². The topological polar surface area (TPSA) is 62.2 Å². The van der Waals surface area contributed by atoms with E-state index in [0.717, 1.165) is 18.4 Å². The van der Waals surface area contributed by atoms with E-state index < -0.39 is 5.97 Å². The number of hydrogen-bond acceptors (Lipinski definition) is 4. The van der Waals surface area contributed by atoms with Crippen molar-refractivity contribution in [2.45, 2.75) is 37.5 Å². The van der Waals surface area contributed by atoms with Gasteiger partial charge < -0.3 is 10.4 Å². The van der Waals surface area contributed by atoms with Gasteiger partial charge in [-0.25, -0.2) is 9.78 Å². The average molecular weight is 266 g/mol. The molecule has 0 aromatic carbocycles. The summed E-state index contributed by atoms with van der Waals surface area (Å²) in [5.74, 6) is -0.406. The molecule has 98 valence electrons. The van der Waals surface area contributed by atoms with Crippen molar-refractivity contribution in [2.75, 3.05) is 11.6 Å². The average Bonchev–Trinajstić information content (AvgIpc) is 2.76. The van der Waals surface area contributed by atoms with Crippen LogP contribution in [0.2, 0.25) is 0 Å². The Balaban J connectivity index is 2.15. The highest BCUT2D eigenvalue weighted by Crippen LogP contribution is 2.30. The minimum absolute atomic E-state index is 0.296. The second-order valence-corrected chi connectivity index (χ2v) is 5.81. The molecule has 1 saturated carbocycles. The molecule has 0 bridgehead atoms. The van der Waals surface area contributed by atoms with Crippen LogP contribution in [0.1, 0.15) is 35.2 Å². The summed E-state index contributed by atoms with van der Waals surface area (Å²) in [6.45, 7) is 1.80. The van der Waals surface area contributed by atoms with E-state index in [9.17, 15) is 9.90 Å². The smallest absolute Gasteiger partial charge is 0.339 e. The number of carboxylic acids is 1. The summed E-state index contributed by atoms with van der Waals surface area (Å²) in [6, 6.07) is 2.07. The quantitative estimate of drug-likeness (QED) is 0.877. The second-order valence-electron chi connectivity index (χ2n) is 4.67. The summed E-state index contributed by atoms with van der Waals surface area (Å²) >= 11 is 1.88. The number of thioether (sulfide) groups is 1. The first-order valence-electron chi connectivity index (χ1n) is 6.10. The molecule has 4 nitrogen and oxygen atoms in total. The van der Waals surface area contributed by atoms with Gasteiger partial charge in [0.05, 0.1) is 0 Å². The Labute approximate surface area is 111 Å². The van der Waals surface area contributed by atoms with Crippen molar-refractivity contribution < 1.29 is 9.90 Å². The number of aromatic carboxylic acids is 1. The molecular formula is C13H18N2O2S. The molecule has 18 heavy (non-hydrogen) atoms. The Hall–Kier alpha value is -1.23. The Morgan fingerprint density at radius 1 is 1.56 bits per heavy atom. The molecule has 2 N–H and O–H groups in total. The molecule has 1 aliphatic carbocycles. The number of nitrogens with one attached hydrogen (secondary N) is 1. The zero-order valence-corrected chi connectivity index (χ0v) is 11.5. The highest BCUT2D eigenvalue weighted by Gasteiger charge is 2.25. The van der Waals surface area contributed by atoms with E-state index in [1.165, 1.54) is 6.42 Å². The van der Waals surface area contributed by atoms with Crippen LogP contribution in [0, 0.1) is 6.92 Å². The Morgan fingerprint density at radius 3 is 2.94 bits per heavy atom. The van der Waals surface area contributed by atoms with Crippen molar-refractivity contribution in [3.05, 3.63) is 23.4 Å². The molecule has 2 atom stereocenters. The van der Waals surface area contributed by atoms with Gasteiger partial charge in [-0.1, -0.05) is 0 Å². The third kappa shape index (κ3) is 2.77. The minimum Gasteiger partial charge on any atom is -0.478 e. The fraction of sp³-hybridized carbons (Fsp3) is 0.538. The van der Waals surface area contributed by atoms with E-state index in [0.29, 0.717) is 22.7 Å².